The molecule has 0 aliphatic rings. The molecular weight excluding hydrogens is 368 g/mol. The Kier molecular flexibility index (Phi) is 4.91. The summed E-state index contributed by atoms with van der Waals surface area (Å²) in [5, 5.41) is 9.05. The standard InChI is InChI=1S/C19H18N2O5S/c1-13-3-7-15(8-4-13)26-16-9-5-14(6-10-16)20-27(24,25)17-11-18(19(22)23)21(2)12-17/h3-12,20H,1-2H3,(H,22,23). The minimum Gasteiger partial charge on any atom is -0.477 e. The minimum absolute atomic E-state index is 0.114. The first-order valence-electron chi connectivity index (χ1n) is 8.02. The number of anilines is 1. The number of aryl methyl sites for hydroxylation is 2. The molecule has 0 amide bonds. The molecule has 0 aliphatic heterocycles. The van der Waals surface area contributed by atoms with Crippen LogP contribution in [0.1, 0.15) is 16.1 Å². The van der Waals surface area contributed by atoms with E-state index in [9.17, 15) is 13.2 Å². The molecule has 7 nitrogen and oxygen atoms in total. The number of hydrogen-bond donors (Lipinski definition) is 2. The summed E-state index contributed by atoms with van der Waals surface area (Å²) in [6.07, 6.45) is 1.25. The molecule has 0 unspecified atom stereocenters. The van der Waals surface area contributed by atoms with E-state index in [1.807, 2.05) is 31.2 Å². The summed E-state index contributed by atoms with van der Waals surface area (Å²) in [5.41, 5.74) is 1.35. The van der Waals surface area contributed by atoms with Gasteiger partial charge in [-0.15, -0.1) is 0 Å². The van der Waals surface area contributed by atoms with E-state index >= 15 is 0 Å². The average molecular weight is 386 g/mol. The van der Waals surface area contributed by atoms with E-state index in [1.165, 1.54) is 17.8 Å². The minimum atomic E-state index is -3.90. The van der Waals surface area contributed by atoms with E-state index in [0.717, 1.165) is 11.6 Å². The van der Waals surface area contributed by atoms with Crippen LogP contribution in [0.3, 0.4) is 0 Å². The first-order valence-corrected chi connectivity index (χ1v) is 9.50. The first-order chi connectivity index (χ1) is 12.7. The molecule has 0 spiro atoms. The lowest BCUT2D eigenvalue weighted by Crippen LogP contribution is -2.12. The number of rotatable bonds is 6. The summed E-state index contributed by atoms with van der Waals surface area (Å²) in [7, 11) is -2.43. The average Bonchev–Trinajstić information content (AvgIpc) is 3.01. The fourth-order valence-electron chi connectivity index (χ4n) is 2.44. The number of sulfonamides is 1. The molecule has 2 N–H and O–H groups in total. The van der Waals surface area contributed by atoms with Crippen LogP contribution in [0.2, 0.25) is 0 Å². The van der Waals surface area contributed by atoms with Crippen LogP contribution in [0.25, 0.3) is 0 Å². The molecule has 0 fully saturated rings. The number of aromatic nitrogens is 1. The van der Waals surface area contributed by atoms with Gasteiger partial charge in [0.15, 0.2) is 0 Å². The number of aromatic carboxylic acids is 1. The van der Waals surface area contributed by atoms with E-state index < -0.39 is 16.0 Å². The van der Waals surface area contributed by atoms with E-state index in [2.05, 4.69) is 4.72 Å². The monoisotopic (exact) mass is 386 g/mol. The molecule has 0 aliphatic carbocycles. The Morgan fingerprint density at radius 3 is 2.11 bits per heavy atom. The summed E-state index contributed by atoms with van der Waals surface area (Å²) in [4.78, 5) is 11.0. The number of nitrogens with zero attached hydrogens (tertiary/aromatic N) is 1. The molecule has 3 aromatic rings. The summed E-state index contributed by atoms with van der Waals surface area (Å²) in [6, 6.07) is 15.1. The Morgan fingerprint density at radius 2 is 1.59 bits per heavy atom. The van der Waals surface area contributed by atoms with Crippen LogP contribution >= 0.6 is 0 Å². The van der Waals surface area contributed by atoms with Crippen molar-refractivity contribution in [1.29, 1.82) is 0 Å². The summed E-state index contributed by atoms with van der Waals surface area (Å²) >= 11 is 0. The van der Waals surface area contributed by atoms with Crippen molar-refractivity contribution in [3.05, 3.63) is 72.1 Å². The Bertz CT molecular complexity index is 1070. The summed E-state index contributed by atoms with van der Waals surface area (Å²) < 4.78 is 34.3. The van der Waals surface area contributed by atoms with Gasteiger partial charge in [0, 0.05) is 18.9 Å². The molecule has 1 heterocycles. The van der Waals surface area contributed by atoms with E-state index in [0.29, 0.717) is 17.2 Å². The molecular formula is C19H18N2O5S. The van der Waals surface area contributed by atoms with Gasteiger partial charge >= 0.3 is 5.97 Å². The van der Waals surface area contributed by atoms with Crippen molar-refractivity contribution in [3.63, 3.8) is 0 Å². The molecule has 1 aromatic heterocycles. The Hall–Kier alpha value is -3.26. The maximum absolute atomic E-state index is 12.4. The SMILES string of the molecule is Cc1ccc(Oc2ccc(NS(=O)(=O)c3cc(C(=O)O)n(C)c3)cc2)cc1. The second-order valence-corrected chi connectivity index (χ2v) is 7.70. The molecule has 27 heavy (non-hydrogen) atoms. The lowest BCUT2D eigenvalue weighted by molar-refractivity contribution is 0.0686. The van der Waals surface area contributed by atoms with Crippen molar-refractivity contribution < 1.29 is 23.1 Å². The van der Waals surface area contributed by atoms with E-state index in [1.54, 1.807) is 24.3 Å². The van der Waals surface area contributed by atoms with Crippen molar-refractivity contribution >= 4 is 21.7 Å². The zero-order valence-electron chi connectivity index (χ0n) is 14.7. The Labute approximate surface area is 156 Å². The maximum Gasteiger partial charge on any atom is 0.352 e. The van der Waals surface area contributed by atoms with Crippen LogP contribution in [0.5, 0.6) is 11.5 Å². The summed E-state index contributed by atoms with van der Waals surface area (Å²) in [6.45, 7) is 1.98. The topological polar surface area (TPSA) is 97.6 Å². The van der Waals surface area contributed by atoms with Crippen molar-refractivity contribution in [3.8, 4) is 11.5 Å². The number of ether oxygens (including phenoxy) is 1. The van der Waals surface area contributed by atoms with Crippen LogP contribution in [-0.4, -0.2) is 24.1 Å². The Morgan fingerprint density at radius 1 is 1.04 bits per heavy atom. The highest BCUT2D eigenvalue weighted by atomic mass is 32.2. The quantitative estimate of drug-likeness (QED) is 0.674. The predicted octanol–water partition coefficient (Wildman–Crippen LogP) is 3.62. The largest absolute Gasteiger partial charge is 0.477 e. The normalized spacial score (nSPS) is 11.2. The molecule has 2 aromatic carbocycles. The van der Waals surface area contributed by atoms with Gasteiger partial charge in [-0.25, -0.2) is 13.2 Å². The van der Waals surface area contributed by atoms with Gasteiger partial charge in [-0.05, 0) is 49.4 Å². The van der Waals surface area contributed by atoms with Crippen LogP contribution in [0, 0.1) is 6.92 Å². The number of benzene rings is 2. The number of carboxylic acid groups (broad SMARTS) is 1. The third-order valence-corrected chi connectivity index (χ3v) is 5.22. The molecule has 0 atom stereocenters. The van der Waals surface area contributed by atoms with Gasteiger partial charge in [0.1, 0.15) is 22.1 Å². The molecule has 8 heteroatoms. The lowest BCUT2D eigenvalue weighted by atomic mass is 10.2. The number of nitrogens with one attached hydrogen (secondary N) is 1. The fraction of sp³-hybridized carbons (Fsp3) is 0.105. The summed E-state index contributed by atoms with van der Waals surface area (Å²) in [5.74, 6) is 0.0469. The smallest absolute Gasteiger partial charge is 0.352 e. The van der Waals surface area contributed by atoms with Gasteiger partial charge in [-0.1, -0.05) is 17.7 Å². The van der Waals surface area contributed by atoms with Gasteiger partial charge in [0.05, 0.1) is 0 Å². The highest BCUT2D eigenvalue weighted by Gasteiger charge is 2.20. The van der Waals surface area contributed by atoms with Crippen LogP contribution in [0.15, 0.2) is 65.7 Å². The number of hydrogen-bond acceptors (Lipinski definition) is 4. The zero-order valence-corrected chi connectivity index (χ0v) is 15.5. The third kappa shape index (κ3) is 4.29. The van der Waals surface area contributed by atoms with Crippen molar-refractivity contribution in [2.45, 2.75) is 11.8 Å². The predicted molar refractivity (Wildman–Crippen MR) is 101 cm³/mol. The van der Waals surface area contributed by atoms with Crippen molar-refractivity contribution in [2.24, 2.45) is 7.05 Å². The van der Waals surface area contributed by atoms with E-state index in [4.69, 9.17) is 9.84 Å². The van der Waals surface area contributed by atoms with E-state index in [-0.39, 0.29) is 10.6 Å². The maximum atomic E-state index is 12.4. The number of carbonyl (C=O) groups is 1. The second kappa shape index (κ2) is 7.16. The van der Waals surface area contributed by atoms with Gasteiger partial charge in [0.25, 0.3) is 10.0 Å². The highest BCUT2D eigenvalue weighted by molar-refractivity contribution is 7.92. The first kappa shape index (κ1) is 18.5. The van der Waals surface area contributed by atoms with Gasteiger partial charge < -0.3 is 14.4 Å². The Balaban J connectivity index is 1.74. The molecule has 3 rings (SSSR count). The molecule has 0 saturated carbocycles. The molecule has 0 bridgehead atoms. The van der Waals surface area contributed by atoms with Crippen LogP contribution in [0.4, 0.5) is 5.69 Å². The second-order valence-electron chi connectivity index (χ2n) is 6.02. The highest BCUT2D eigenvalue weighted by Crippen LogP contribution is 2.25. The molecule has 0 radical (unpaired) electrons. The van der Waals surface area contributed by atoms with Gasteiger partial charge in [-0.3, -0.25) is 4.72 Å². The number of carboxylic acids is 1. The van der Waals surface area contributed by atoms with Crippen molar-refractivity contribution in [2.75, 3.05) is 4.72 Å². The van der Waals surface area contributed by atoms with Crippen molar-refractivity contribution in [1.82, 2.24) is 4.57 Å². The van der Waals surface area contributed by atoms with Gasteiger partial charge in [0.2, 0.25) is 0 Å². The van der Waals surface area contributed by atoms with Crippen LogP contribution in [-0.2, 0) is 17.1 Å². The van der Waals surface area contributed by atoms with Crippen LogP contribution < -0.4 is 9.46 Å². The lowest BCUT2D eigenvalue weighted by Gasteiger charge is -2.09. The fourth-order valence-corrected chi connectivity index (χ4v) is 3.57. The molecule has 140 valence electrons. The molecule has 0 saturated heterocycles. The third-order valence-electron chi connectivity index (χ3n) is 3.87. The van der Waals surface area contributed by atoms with Gasteiger partial charge in [-0.2, -0.15) is 0 Å². The zero-order chi connectivity index (χ0) is 19.6.